The van der Waals surface area contributed by atoms with Gasteiger partial charge in [-0.05, 0) is 41.8 Å². The van der Waals surface area contributed by atoms with E-state index in [0.717, 1.165) is 16.9 Å². The third kappa shape index (κ3) is 4.27. The van der Waals surface area contributed by atoms with E-state index in [4.69, 9.17) is 23.3 Å². The van der Waals surface area contributed by atoms with Crippen LogP contribution in [0.4, 0.5) is 0 Å². The Hall–Kier alpha value is -2.17. The fourth-order valence-electron chi connectivity index (χ4n) is 2.68. The van der Waals surface area contributed by atoms with E-state index >= 15 is 0 Å². The van der Waals surface area contributed by atoms with Gasteiger partial charge in [0.15, 0.2) is 5.73 Å². The predicted molar refractivity (Wildman–Crippen MR) is 98.1 cm³/mol. The van der Waals surface area contributed by atoms with E-state index in [2.05, 4.69) is 6.07 Å². The maximum absolute atomic E-state index is 8.88. The topological polar surface area (TPSA) is 60.7 Å². The summed E-state index contributed by atoms with van der Waals surface area (Å²) >= 11 is 0. The maximum Gasteiger partial charge on any atom is 0.543 e. The van der Waals surface area contributed by atoms with E-state index in [0.29, 0.717) is 12.0 Å². The van der Waals surface area contributed by atoms with E-state index < -0.39 is 8.80 Å². The van der Waals surface area contributed by atoms with Crippen LogP contribution in [0.3, 0.4) is 0 Å². The van der Waals surface area contributed by atoms with Crippen LogP contribution in [0.15, 0.2) is 48.5 Å². The van der Waals surface area contributed by atoms with Gasteiger partial charge < -0.3 is 18.0 Å². The normalized spacial score (nSPS) is 12.4. The Morgan fingerprint density at radius 1 is 0.880 bits per heavy atom. The highest BCUT2D eigenvalue weighted by Crippen LogP contribution is 2.26. The van der Waals surface area contributed by atoms with Crippen LogP contribution < -0.4 is 4.74 Å². The summed E-state index contributed by atoms with van der Waals surface area (Å²) in [5.74, 6) is 0.729. The van der Waals surface area contributed by atoms with E-state index in [1.807, 2.05) is 55.5 Å². The minimum atomic E-state index is -2.87. The first-order chi connectivity index (χ1) is 12.1. The molecular weight excluding hydrogens is 334 g/mol. The molecule has 0 bridgehead atoms. The van der Waals surface area contributed by atoms with E-state index in [9.17, 15) is 0 Å². The summed E-state index contributed by atoms with van der Waals surface area (Å²) in [6, 6.07) is 17.4. The zero-order valence-electron chi connectivity index (χ0n) is 15.0. The van der Waals surface area contributed by atoms with Crippen LogP contribution in [-0.4, -0.2) is 35.9 Å². The van der Waals surface area contributed by atoms with Crippen molar-refractivity contribution in [1.29, 1.82) is 5.26 Å². The Kier molecular flexibility index (Phi) is 6.73. The zero-order chi connectivity index (χ0) is 18.3. The highest BCUT2D eigenvalue weighted by molar-refractivity contribution is 6.62. The molecule has 0 N–H and O–H groups in total. The Balaban J connectivity index is 2.17. The first-order valence-electron chi connectivity index (χ1n) is 8.05. The van der Waals surface area contributed by atoms with Crippen molar-refractivity contribution in [2.24, 2.45) is 0 Å². The summed E-state index contributed by atoms with van der Waals surface area (Å²) in [7, 11) is 1.88. The fraction of sp³-hybridized carbons (Fsp3) is 0.316. The molecule has 2 aromatic carbocycles. The predicted octanol–water partition coefficient (Wildman–Crippen LogP) is 3.80. The van der Waals surface area contributed by atoms with Gasteiger partial charge in [0.2, 0.25) is 0 Å². The smallest absolute Gasteiger partial charge is 0.486 e. The third-order valence-corrected chi connectivity index (χ3v) is 7.12. The number of benzene rings is 2. The molecule has 1 atom stereocenters. The van der Waals surface area contributed by atoms with Crippen LogP contribution in [0.1, 0.15) is 18.9 Å². The number of nitriles is 1. The molecule has 25 heavy (non-hydrogen) atoms. The van der Waals surface area contributed by atoms with Crippen molar-refractivity contribution in [1.82, 2.24) is 0 Å². The second-order valence-corrected chi connectivity index (χ2v) is 8.52. The molecule has 0 heterocycles. The van der Waals surface area contributed by atoms with Gasteiger partial charge in [-0.15, -0.1) is 0 Å². The molecule has 0 aliphatic heterocycles. The molecule has 0 fully saturated rings. The molecule has 0 radical (unpaired) electrons. The van der Waals surface area contributed by atoms with Crippen LogP contribution in [0.2, 0.25) is 0 Å². The SMILES string of the molecule is CCC(Oc1ccc(-c2ccc(C#N)cc2)cc1)[Si](OC)(OC)OC. The van der Waals surface area contributed by atoms with Gasteiger partial charge in [0.05, 0.1) is 11.6 Å². The zero-order valence-corrected chi connectivity index (χ0v) is 16.0. The molecule has 5 nitrogen and oxygen atoms in total. The average Bonchev–Trinajstić information content (AvgIpc) is 2.69. The summed E-state index contributed by atoms with van der Waals surface area (Å²) < 4.78 is 22.6. The van der Waals surface area contributed by atoms with Gasteiger partial charge in [-0.1, -0.05) is 31.2 Å². The monoisotopic (exact) mass is 357 g/mol. The summed E-state index contributed by atoms with van der Waals surface area (Å²) in [5, 5.41) is 8.88. The molecule has 0 saturated heterocycles. The van der Waals surface area contributed by atoms with Crippen molar-refractivity contribution in [3.05, 3.63) is 54.1 Å². The summed E-state index contributed by atoms with van der Waals surface area (Å²) in [6.45, 7) is 2.01. The van der Waals surface area contributed by atoms with Crippen molar-refractivity contribution in [3.63, 3.8) is 0 Å². The Bertz CT molecular complexity index is 697. The van der Waals surface area contributed by atoms with E-state index in [1.165, 1.54) is 0 Å². The Morgan fingerprint density at radius 3 is 1.76 bits per heavy atom. The quantitative estimate of drug-likeness (QED) is 0.673. The molecule has 6 heteroatoms. The lowest BCUT2D eigenvalue weighted by Gasteiger charge is -2.31. The summed E-state index contributed by atoms with van der Waals surface area (Å²) in [4.78, 5) is 0. The lowest BCUT2D eigenvalue weighted by molar-refractivity contribution is 0.0666. The van der Waals surface area contributed by atoms with Crippen molar-refractivity contribution in [2.45, 2.75) is 19.1 Å². The Labute approximate surface area is 150 Å². The molecule has 0 aliphatic carbocycles. The molecular formula is C19H23NO4Si. The molecule has 1 unspecified atom stereocenters. The van der Waals surface area contributed by atoms with E-state index in [-0.39, 0.29) is 5.73 Å². The molecule has 0 amide bonds. The number of hydrogen-bond acceptors (Lipinski definition) is 5. The molecule has 0 aliphatic rings. The molecule has 2 rings (SSSR count). The van der Waals surface area contributed by atoms with Crippen molar-refractivity contribution in [3.8, 4) is 22.9 Å². The molecule has 0 saturated carbocycles. The minimum Gasteiger partial charge on any atom is -0.486 e. The largest absolute Gasteiger partial charge is 0.543 e. The van der Waals surface area contributed by atoms with Gasteiger partial charge in [-0.25, -0.2) is 0 Å². The average molecular weight is 357 g/mol. The second-order valence-electron chi connectivity index (χ2n) is 5.44. The molecule has 132 valence electrons. The fourth-order valence-corrected chi connectivity index (χ4v) is 4.75. The van der Waals surface area contributed by atoms with Gasteiger partial charge in [0.25, 0.3) is 0 Å². The Morgan fingerprint density at radius 2 is 1.36 bits per heavy atom. The third-order valence-electron chi connectivity index (χ3n) is 4.10. The van der Waals surface area contributed by atoms with Gasteiger partial charge in [0, 0.05) is 21.3 Å². The number of nitrogens with zero attached hydrogens (tertiary/aromatic N) is 1. The van der Waals surface area contributed by atoms with E-state index in [1.54, 1.807) is 21.3 Å². The van der Waals surface area contributed by atoms with Gasteiger partial charge in [-0.3, -0.25) is 0 Å². The van der Waals surface area contributed by atoms with Gasteiger partial charge >= 0.3 is 8.80 Å². The summed E-state index contributed by atoms with van der Waals surface area (Å²) in [5.41, 5.74) is 2.47. The van der Waals surface area contributed by atoms with Crippen molar-refractivity contribution in [2.75, 3.05) is 21.3 Å². The standard InChI is InChI=1S/C19H23NO4Si/c1-5-19(25(21-2,22-3)23-4)24-18-12-10-17(11-13-18)16-8-6-15(14-20)7-9-16/h6-13,19H,5H2,1-4H3. The second kappa shape index (κ2) is 8.79. The van der Waals surface area contributed by atoms with Crippen LogP contribution in [0.25, 0.3) is 11.1 Å². The lowest BCUT2D eigenvalue weighted by atomic mass is 10.0. The first-order valence-corrected chi connectivity index (χ1v) is 9.85. The number of hydrogen-bond donors (Lipinski definition) is 0. The van der Waals surface area contributed by atoms with Crippen LogP contribution >= 0.6 is 0 Å². The number of ether oxygens (including phenoxy) is 1. The highest BCUT2D eigenvalue weighted by atomic mass is 28.4. The van der Waals surface area contributed by atoms with Crippen LogP contribution in [-0.2, 0) is 13.3 Å². The molecule has 2 aromatic rings. The molecule has 0 spiro atoms. The molecule has 0 aromatic heterocycles. The lowest BCUT2D eigenvalue weighted by Crippen LogP contribution is -2.56. The van der Waals surface area contributed by atoms with Crippen LogP contribution in [0.5, 0.6) is 5.75 Å². The number of rotatable bonds is 8. The summed E-state index contributed by atoms with van der Waals surface area (Å²) in [6.07, 6.45) is 0.707. The van der Waals surface area contributed by atoms with Gasteiger partial charge in [0.1, 0.15) is 5.75 Å². The van der Waals surface area contributed by atoms with Gasteiger partial charge in [-0.2, -0.15) is 5.26 Å². The maximum atomic E-state index is 8.88. The van der Waals surface area contributed by atoms with Crippen LogP contribution in [0, 0.1) is 11.3 Å². The minimum absolute atomic E-state index is 0.284. The van der Waals surface area contributed by atoms with Crippen molar-refractivity contribution >= 4 is 8.80 Å². The van der Waals surface area contributed by atoms with Crippen molar-refractivity contribution < 1.29 is 18.0 Å². The first kappa shape index (κ1) is 19.2. The highest BCUT2D eigenvalue weighted by Gasteiger charge is 2.48.